The number of aryl methyl sites for hydroxylation is 2. The lowest BCUT2D eigenvalue weighted by Gasteiger charge is -2.34. The molecule has 2 aromatic carbocycles. The average Bonchev–Trinajstić information content (AvgIpc) is 2.69. The molecule has 1 saturated heterocycles. The van der Waals surface area contributed by atoms with Crippen molar-refractivity contribution in [1.29, 1.82) is 0 Å². The lowest BCUT2D eigenvalue weighted by molar-refractivity contribution is -0.350. The fraction of sp³-hybridized carbons (Fsp3) is 0.304. The zero-order valence-electron chi connectivity index (χ0n) is 16.6. The van der Waals surface area contributed by atoms with Crippen molar-refractivity contribution in [2.24, 2.45) is 0 Å². The zero-order chi connectivity index (χ0) is 20.1. The summed E-state index contributed by atoms with van der Waals surface area (Å²) < 4.78 is 0.566. The lowest BCUT2D eigenvalue weighted by atomic mass is 10.0. The van der Waals surface area contributed by atoms with Gasteiger partial charge >= 0.3 is 0 Å². The van der Waals surface area contributed by atoms with Crippen LogP contribution in [0.1, 0.15) is 22.3 Å². The Morgan fingerprint density at radius 2 is 1.71 bits per heavy atom. The van der Waals surface area contributed by atoms with Crippen molar-refractivity contribution in [1.82, 2.24) is 9.80 Å². The van der Waals surface area contributed by atoms with Crippen molar-refractivity contribution in [2.45, 2.75) is 20.4 Å². The first-order chi connectivity index (χ1) is 13.5. The maximum Gasteiger partial charge on any atom is 0.246 e. The van der Waals surface area contributed by atoms with E-state index >= 15 is 0 Å². The number of rotatable bonds is 5. The molecule has 146 valence electrons. The Morgan fingerprint density at radius 1 is 1.07 bits per heavy atom. The molecule has 1 aliphatic rings. The van der Waals surface area contributed by atoms with Crippen molar-refractivity contribution in [3.8, 4) is 0 Å². The van der Waals surface area contributed by atoms with Crippen molar-refractivity contribution in [3.63, 3.8) is 0 Å². The van der Waals surface area contributed by atoms with E-state index in [0.717, 1.165) is 19.6 Å². The molecule has 0 N–H and O–H groups in total. The predicted octanol–water partition coefficient (Wildman–Crippen LogP) is 3.50. The standard InChI is InChI=1S/C23H27N3O2/c1-18-7-6-8-19(2)21(18)17-25-13-15-26(16-14-25)23(27)12-11-20-9-4-5-10-22(20)24(3)28/h4-12H,3,13-17H2,1-2H3/b12-11+. The summed E-state index contributed by atoms with van der Waals surface area (Å²) in [5, 5.41) is 11.5. The molecule has 0 saturated carbocycles. The van der Waals surface area contributed by atoms with E-state index in [1.54, 1.807) is 30.4 Å². The minimum atomic E-state index is -0.0250. The third-order valence-corrected chi connectivity index (χ3v) is 5.32. The van der Waals surface area contributed by atoms with Crippen LogP contribution in [0.2, 0.25) is 0 Å². The highest BCUT2D eigenvalue weighted by atomic mass is 16.5. The van der Waals surface area contributed by atoms with Crippen LogP contribution < -0.4 is 0 Å². The summed E-state index contributed by atoms with van der Waals surface area (Å²) in [5.74, 6) is -0.0250. The monoisotopic (exact) mass is 377 g/mol. The summed E-state index contributed by atoms with van der Waals surface area (Å²) in [6, 6.07) is 13.5. The summed E-state index contributed by atoms with van der Waals surface area (Å²) in [7, 11) is 0. The Bertz CT molecular complexity index is 876. The van der Waals surface area contributed by atoms with Gasteiger partial charge in [0.15, 0.2) is 0 Å². The van der Waals surface area contributed by atoms with Crippen LogP contribution >= 0.6 is 0 Å². The molecule has 1 heterocycles. The molecule has 28 heavy (non-hydrogen) atoms. The number of piperazine rings is 1. The Kier molecular flexibility index (Phi) is 6.26. The molecule has 0 aromatic heterocycles. The fourth-order valence-electron chi connectivity index (χ4n) is 3.57. The second-order valence-corrected chi connectivity index (χ2v) is 7.24. The Morgan fingerprint density at radius 3 is 2.36 bits per heavy atom. The lowest BCUT2D eigenvalue weighted by Crippen LogP contribution is -2.47. The SMILES string of the molecule is C=[N+]([O-])c1ccccc1/C=C/C(=O)N1CCN(Cc2c(C)cccc2C)CC1. The molecule has 1 fully saturated rings. The maximum atomic E-state index is 12.5. The van der Waals surface area contributed by atoms with E-state index in [1.165, 1.54) is 16.7 Å². The topological polar surface area (TPSA) is 49.6 Å². The number of benzene rings is 2. The van der Waals surface area contributed by atoms with E-state index in [1.807, 2.05) is 11.0 Å². The van der Waals surface area contributed by atoms with Crippen LogP contribution in [-0.2, 0) is 11.3 Å². The number of hydrogen-bond acceptors (Lipinski definition) is 3. The molecule has 0 spiro atoms. The van der Waals surface area contributed by atoms with E-state index in [-0.39, 0.29) is 5.91 Å². The maximum absolute atomic E-state index is 12.5. The van der Waals surface area contributed by atoms with E-state index in [0.29, 0.717) is 29.1 Å². The second kappa shape index (κ2) is 8.85. The quantitative estimate of drug-likeness (QED) is 0.263. The van der Waals surface area contributed by atoms with Gasteiger partial charge in [-0.25, -0.2) is 0 Å². The van der Waals surface area contributed by atoms with Gasteiger partial charge < -0.3 is 10.1 Å². The van der Waals surface area contributed by atoms with Gasteiger partial charge in [0.05, 0.1) is 0 Å². The number of amides is 1. The highest BCUT2D eigenvalue weighted by Gasteiger charge is 2.20. The molecule has 0 aliphatic carbocycles. The number of carbonyl (C=O) groups is 1. The fourth-order valence-corrected chi connectivity index (χ4v) is 3.57. The van der Waals surface area contributed by atoms with Gasteiger partial charge in [-0.1, -0.05) is 30.3 Å². The highest BCUT2D eigenvalue weighted by molar-refractivity contribution is 5.92. The van der Waals surface area contributed by atoms with Gasteiger partial charge in [-0.2, -0.15) is 4.74 Å². The van der Waals surface area contributed by atoms with Crippen LogP contribution in [0.25, 0.3) is 6.08 Å². The van der Waals surface area contributed by atoms with Gasteiger partial charge in [0.2, 0.25) is 11.6 Å². The normalized spacial score (nSPS) is 15.1. The van der Waals surface area contributed by atoms with Crippen molar-refractivity contribution in [2.75, 3.05) is 26.2 Å². The number of carbonyl (C=O) groups excluding carboxylic acids is 1. The van der Waals surface area contributed by atoms with Crippen LogP contribution in [0.15, 0.2) is 48.5 Å². The van der Waals surface area contributed by atoms with Crippen molar-refractivity contribution in [3.05, 3.63) is 76.0 Å². The molecule has 0 bridgehead atoms. The molecule has 5 heteroatoms. The van der Waals surface area contributed by atoms with Gasteiger partial charge in [-0.05, 0) is 42.7 Å². The average molecular weight is 377 g/mol. The van der Waals surface area contributed by atoms with Gasteiger partial charge in [-0.3, -0.25) is 9.69 Å². The van der Waals surface area contributed by atoms with Crippen LogP contribution in [0, 0.1) is 19.1 Å². The Labute approximate surface area is 166 Å². The molecule has 2 aromatic rings. The summed E-state index contributed by atoms with van der Waals surface area (Å²) in [6.07, 6.45) is 3.24. The molecule has 0 radical (unpaired) electrons. The third-order valence-electron chi connectivity index (χ3n) is 5.32. The second-order valence-electron chi connectivity index (χ2n) is 7.24. The minimum absolute atomic E-state index is 0.0250. The molecule has 1 aliphatic heterocycles. The number of nitrogens with zero attached hydrogens (tertiary/aromatic N) is 3. The molecule has 0 unspecified atom stereocenters. The summed E-state index contributed by atoms with van der Waals surface area (Å²) in [6.45, 7) is 11.7. The first-order valence-corrected chi connectivity index (χ1v) is 9.57. The van der Waals surface area contributed by atoms with E-state index in [2.05, 4.69) is 43.7 Å². The Balaban J connectivity index is 1.58. The first-order valence-electron chi connectivity index (χ1n) is 9.57. The zero-order valence-corrected chi connectivity index (χ0v) is 16.6. The van der Waals surface area contributed by atoms with Gasteiger partial charge in [0.25, 0.3) is 0 Å². The summed E-state index contributed by atoms with van der Waals surface area (Å²) >= 11 is 0. The van der Waals surface area contributed by atoms with Gasteiger partial charge in [0.1, 0.15) is 6.72 Å². The molecular formula is C23H27N3O2. The van der Waals surface area contributed by atoms with Crippen LogP contribution in [0.4, 0.5) is 5.69 Å². The largest absolute Gasteiger partial charge is 0.619 e. The molecular weight excluding hydrogens is 350 g/mol. The molecule has 3 rings (SSSR count). The predicted molar refractivity (Wildman–Crippen MR) is 114 cm³/mol. The Hall–Kier alpha value is -2.92. The summed E-state index contributed by atoms with van der Waals surface area (Å²) in [4.78, 5) is 16.8. The third kappa shape index (κ3) is 4.67. The van der Waals surface area contributed by atoms with Crippen LogP contribution in [0.5, 0.6) is 0 Å². The van der Waals surface area contributed by atoms with Gasteiger partial charge in [0, 0.05) is 50.4 Å². The number of hydrogen-bond donors (Lipinski definition) is 0. The van der Waals surface area contributed by atoms with Crippen LogP contribution in [-0.4, -0.2) is 53.3 Å². The van der Waals surface area contributed by atoms with E-state index in [4.69, 9.17) is 0 Å². The minimum Gasteiger partial charge on any atom is -0.619 e. The summed E-state index contributed by atoms with van der Waals surface area (Å²) in [5.41, 5.74) is 5.16. The highest BCUT2D eigenvalue weighted by Crippen LogP contribution is 2.19. The van der Waals surface area contributed by atoms with E-state index in [9.17, 15) is 10.0 Å². The smallest absolute Gasteiger partial charge is 0.246 e. The molecule has 0 atom stereocenters. The molecule has 5 nitrogen and oxygen atoms in total. The molecule has 1 amide bonds. The van der Waals surface area contributed by atoms with E-state index < -0.39 is 0 Å². The van der Waals surface area contributed by atoms with Crippen molar-refractivity contribution >= 4 is 24.4 Å². The first kappa shape index (κ1) is 19.8. The number of para-hydroxylation sites is 1. The van der Waals surface area contributed by atoms with Crippen molar-refractivity contribution < 1.29 is 9.53 Å². The van der Waals surface area contributed by atoms with Crippen LogP contribution in [0.3, 0.4) is 0 Å². The van der Waals surface area contributed by atoms with Gasteiger partial charge in [-0.15, -0.1) is 0 Å².